The molecule has 0 spiro atoms. The van der Waals surface area contributed by atoms with Crippen LogP contribution in [0.5, 0.6) is 11.5 Å². The summed E-state index contributed by atoms with van der Waals surface area (Å²) in [5.41, 5.74) is 7.51. The molecular formula is C20H22N2O4. The number of ketones is 1. The largest absolute Gasteiger partial charge is 0.454 e. The molecule has 2 aromatic carbocycles. The molecule has 0 saturated carbocycles. The zero-order valence-corrected chi connectivity index (χ0v) is 14.8. The number of carbonyl (C=O) groups excluding carboxylic acids is 2. The monoisotopic (exact) mass is 354 g/mol. The molecule has 6 heteroatoms. The fraction of sp³-hybridized carbons (Fsp3) is 0.300. The summed E-state index contributed by atoms with van der Waals surface area (Å²) in [4.78, 5) is 26.8. The van der Waals surface area contributed by atoms with Crippen molar-refractivity contribution in [3.05, 3.63) is 59.7 Å². The van der Waals surface area contributed by atoms with Crippen molar-refractivity contribution in [3.63, 3.8) is 0 Å². The Bertz CT molecular complexity index is 807. The third-order valence-corrected chi connectivity index (χ3v) is 4.58. The minimum Gasteiger partial charge on any atom is -0.454 e. The van der Waals surface area contributed by atoms with Crippen molar-refractivity contribution in [2.75, 3.05) is 13.8 Å². The summed E-state index contributed by atoms with van der Waals surface area (Å²) in [5, 5.41) is 0. The van der Waals surface area contributed by atoms with Crippen LogP contribution in [0.1, 0.15) is 22.8 Å². The molecule has 2 atom stereocenters. The summed E-state index contributed by atoms with van der Waals surface area (Å²) in [6.45, 7) is 1.84. The van der Waals surface area contributed by atoms with E-state index in [2.05, 4.69) is 0 Å². The number of amides is 1. The lowest BCUT2D eigenvalue weighted by Crippen LogP contribution is -2.49. The number of ether oxygens (including phenoxy) is 2. The van der Waals surface area contributed by atoms with Crippen molar-refractivity contribution in [3.8, 4) is 11.5 Å². The first-order valence-electron chi connectivity index (χ1n) is 8.47. The summed E-state index contributed by atoms with van der Waals surface area (Å²) < 4.78 is 10.6. The van der Waals surface area contributed by atoms with Gasteiger partial charge in [0.2, 0.25) is 12.7 Å². The summed E-state index contributed by atoms with van der Waals surface area (Å²) >= 11 is 0. The Balaban J connectivity index is 1.67. The Morgan fingerprint density at radius 3 is 2.54 bits per heavy atom. The fourth-order valence-electron chi connectivity index (χ4n) is 2.87. The van der Waals surface area contributed by atoms with Gasteiger partial charge in [0, 0.05) is 12.6 Å². The van der Waals surface area contributed by atoms with E-state index in [1.54, 1.807) is 32.2 Å². The number of fused-ring (bicyclic) bond motifs is 1. The van der Waals surface area contributed by atoms with Crippen LogP contribution in [0.15, 0.2) is 48.5 Å². The average Bonchev–Trinajstić information content (AvgIpc) is 3.14. The lowest BCUT2D eigenvalue weighted by atomic mass is 10.0. The molecule has 2 aromatic rings. The number of hydrogen-bond acceptors (Lipinski definition) is 5. The number of likely N-dealkylation sites (N-methyl/N-ethyl adjacent to an activating group) is 1. The Morgan fingerprint density at radius 1 is 1.12 bits per heavy atom. The lowest BCUT2D eigenvalue weighted by molar-refractivity contribution is -0.132. The molecule has 1 unspecified atom stereocenters. The van der Waals surface area contributed by atoms with Crippen LogP contribution in [0.3, 0.4) is 0 Å². The molecule has 0 aromatic heterocycles. The van der Waals surface area contributed by atoms with Gasteiger partial charge in [0.05, 0.1) is 12.1 Å². The normalized spacial score (nSPS) is 14.6. The van der Waals surface area contributed by atoms with Crippen LogP contribution in [-0.2, 0) is 11.2 Å². The molecule has 1 amide bonds. The minimum atomic E-state index is -0.700. The van der Waals surface area contributed by atoms with E-state index in [4.69, 9.17) is 15.2 Å². The number of benzene rings is 2. The number of rotatable bonds is 6. The highest BCUT2D eigenvalue weighted by molar-refractivity contribution is 6.02. The predicted octanol–water partition coefficient (Wildman–Crippen LogP) is 2.01. The molecule has 136 valence electrons. The maximum atomic E-state index is 12.7. The van der Waals surface area contributed by atoms with Gasteiger partial charge in [-0.05, 0) is 37.1 Å². The summed E-state index contributed by atoms with van der Waals surface area (Å²) in [6, 6.07) is 13.3. The van der Waals surface area contributed by atoms with Crippen molar-refractivity contribution >= 4 is 11.7 Å². The fourth-order valence-corrected chi connectivity index (χ4v) is 2.87. The van der Waals surface area contributed by atoms with Gasteiger partial charge in [-0.1, -0.05) is 30.3 Å². The van der Waals surface area contributed by atoms with Crippen LogP contribution in [0, 0.1) is 0 Å². The van der Waals surface area contributed by atoms with E-state index in [-0.39, 0.29) is 18.5 Å². The van der Waals surface area contributed by atoms with Crippen molar-refractivity contribution in [1.29, 1.82) is 0 Å². The Kier molecular flexibility index (Phi) is 5.23. The molecule has 3 rings (SSSR count). The van der Waals surface area contributed by atoms with Gasteiger partial charge >= 0.3 is 0 Å². The van der Waals surface area contributed by atoms with E-state index in [1.165, 1.54) is 4.90 Å². The number of nitrogens with two attached hydrogens (primary N) is 1. The highest BCUT2D eigenvalue weighted by Gasteiger charge is 2.28. The van der Waals surface area contributed by atoms with Crippen molar-refractivity contribution < 1.29 is 19.1 Å². The molecule has 0 bridgehead atoms. The van der Waals surface area contributed by atoms with Gasteiger partial charge in [0.25, 0.3) is 0 Å². The quantitative estimate of drug-likeness (QED) is 0.803. The predicted molar refractivity (Wildman–Crippen MR) is 97.2 cm³/mol. The van der Waals surface area contributed by atoms with Crippen LogP contribution in [0.4, 0.5) is 0 Å². The van der Waals surface area contributed by atoms with E-state index in [1.807, 2.05) is 30.3 Å². The molecule has 0 radical (unpaired) electrons. The molecule has 2 N–H and O–H groups in total. The SMILES string of the molecule is CC(C(=O)c1ccc2c(c1)OCO2)N(C)C(=O)[C@@H](N)Cc1ccccc1. The molecule has 0 saturated heterocycles. The molecular weight excluding hydrogens is 332 g/mol. The third kappa shape index (κ3) is 3.70. The molecule has 0 fully saturated rings. The zero-order chi connectivity index (χ0) is 18.7. The molecule has 0 aliphatic carbocycles. The number of nitrogens with zero attached hydrogens (tertiary/aromatic N) is 1. The van der Waals surface area contributed by atoms with Crippen LogP contribution in [-0.4, -0.2) is 42.5 Å². The number of hydrogen-bond donors (Lipinski definition) is 1. The highest BCUT2D eigenvalue weighted by atomic mass is 16.7. The van der Waals surface area contributed by atoms with Crippen LogP contribution in [0.25, 0.3) is 0 Å². The Hall–Kier alpha value is -2.86. The molecule has 1 aliphatic heterocycles. The zero-order valence-electron chi connectivity index (χ0n) is 14.8. The summed E-state index contributed by atoms with van der Waals surface area (Å²) in [5.74, 6) is 0.711. The van der Waals surface area contributed by atoms with Gasteiger partial charge < -0.3 is 20.1 Å². The van der Waals surface area contributed by atoms with E-state index in [0.717, 1.165) is 5.56 Å². The van der Waals surface area contributed by atoms with E-state index in [9.17, 15) is 9.59 Å². The highest BCUT2D eigenvalue weighted by Crippen LogP contribution is 2.33. The smallest absolute Gasteiger partial charge is 0.240 e. The van der Waals surface area contributed by atoms with Crippen molar-refractivity contribution in [1.82, 2.24) is 4.90 Å². The standard InChI is InChI=1S/C20H22N2O4/c1-13(19(23)15-8-9-17-18(11-15)26-12-25-17)22(2)20(24)16(21)10-14-6-4-3-5-7-14/h3-9,11,13,16H,10,12,21H2,1-2H3/t13?,16-/m0/s1. The summed E-state index contributed by atoms with van der Waals surface area (Å²) in [6.07, 6.45) is 0.426. The lowest BCUT2D eigenvalue weighted by Gasteiger charge is -2.27. The van der Waals surface area contributed by atoms with Gasteiger partial charge in [0.1, 0.15) is 0 Å². The van der Waals surface area contributed by atoms with E-state index < -0.39 is 12.1 Å². The number of carbonyl (C=O) groups is 2. The van der Waals surface area contributed by atoms with Gasteiger partial charge in [-0.2, -0.15) is 0 Å². The molecule has 1 heterocycles. The third-order valence-electron chi connectivity index (χ3n) is 4.58. The Labute approximate surface area is 152 Å². The first-order valence-corrected chi connectivity index (χ1v) is 8.47. The van der Waals surface area contributed by atoms with E-state index >= 15 is 0 Å². The average molecular weight is 354 g/mol. The van der Waals surface area contributed by atoms with Crippen molar-refractivity contribution in [2.24, 2.45) is 5.73 Å². The minimum absolute atomic E-state index is 0.148. The molecule has 6 nitrogen and oxygen atoms in total. The van der Waals surface area contributed by atoms with Gasteiger partial charge in [-0.3, -0.25) is 9.59 Å². The second-order valence-corrected chi connectivity index (χ2v) is 6.35. The van der Waals surface area contributed by atoms with Crippen LogP contribution < -0.4 is 15.2 Å². The Morgan fingerprint density at radius 2 is 1.81 bits per heavy atom. The van der Waals surface area contributed by atoms with Gasteiger partial charge in [0.15, 0.2) is 17.3 Å². The van der Waals surface area contributed by atoms with E-state index in [0.29, 0.717) is 23.5 Å². The van der Waals surface area contributed by atoms with Gasteiger partial charge in [-0.15, -0.1) is 0 Å². The second kappa shape index (κ2) is 7.58. The second-order valence-electron chi connectivity index (χ2n) is 6.35. The topological polar surface area (TPSA) is 81.9 Å². The maximum absolute atomic E-state index is 12.7. The van der Waals surface area contributed by atoms with Gasteiger partial charge in [-0.25, -0.2) is 0 Å². The molecule has 1 aliphatic rings. The number of Topliss-reactive ketones (excluding diaryl/α,β-unsaturated/α-hetero) is 1. The summed E-state index contributed by atoms with van der Waals surface area (Å²) in [7, 11) is 1.60. The van der Waals surface area contributed by atoms with Crippen LogP contribution >= 0.6 is 0 Å². The first kappa shape index (κ1) is 17.9. The van der Waals surface area contributed by atoms with Crippen LogP contribution in [0.2, 0.25) is 0 Å². The maximum Gasteiger partial charge on any atom is 0.240 e. The molecule has 26 heavy (non-hydrogen) atoms. The van der Waals surface area contributed by atoms with Crippen molar-refractivity contribution in [2.45, 2.75) is 25.4 Å². The first-order chi connectivity index (χ1) is 12.5.